The molecule has 7 heteroatoms. The van der Waals surface area contributed by atoms with Gasteiger partial charge in [-0.15, -0.1) is 11.3 Å². The minimum absolute atomic E-state index is 0.357. The highest BCUT2D eigenvalue weighted by molar-refractivity contribution is 7.16. The highest BCUT2D eigenvalue weighted by atomic mass is 32.1. The van der Waals surface area contributed by atoms with E-state index in [1.54, 1.807) is 6.07 Å². The largest absolute Gasteiger partial charge is 0.384 e. The maximum atomic E-state index is 10.8. The van der Waals surface area contributed by atoms with Crippen LogP contribution in [0, 0.1) is 0 Å². The minimum atomic E-state index is -0.511. The van der Waals surface area contributed by atoms with E-state index in [-0.39, 0.29) is 0 Å². The zero-order valence-corrected chi connectivity index (χ0v) is 8.36. The average molecular weight is 221 g/mol. The molecule has 0 spiro atoms. The van der Waals surface area contributed by atoms with Crippen LogP contribution in [-0.2, 0) is 0 Å². The first-order valence-electron chi connectivity index (χ1n) is 4.01. The van der Waals surface area contributed by atoms with Crippen LogP contribution in [0.15, 0.2) is 18.5 Å². The fourth-order valence-corrected chi connectivity index (χ4v) is 1.68. The molecule has 0 aliphatic rings. The molecule has 0 saturated heterocycles. The number of aromatic nitrogens is 3. The second kappa shape index (κ2) is 3.62. The standard InChI is InChI=1S/C8H7N5OS/c9-5-1-2-11-7(13-5)8-12-3-4(15-8)6(10)14/h1-3H,(H2,10,14)(H2,9,11,13). The smallest absolute Gasteiger partial charge is 0.260 e. The maximum Gasteiger partial charge on any atom is 0.260 e. The second-order valence-electron chi connectivity index (χ2n) is 2.70. The Hall–Kier alpha value is -2.02. The predicted molar refractivity (Wildman–Crippen MR) is 56.1 cm³/mol. The van der Waals surface area contributed by atoms with Crippen molar-refractivity contribution in [2.45, 2.75) is 0 Å². The zero-order chi connectivity index (χ0) is 10.8. The Morgan fingerprint density at radius 1 is 1.40 bits per heavy atom. The van der Waals surface area contributed by atoms with Gasteiger partial charge in [0.25, 0.3) is 5.91 Å². The zero-order valence-electron chi connectivity index (χ0n) is 7.54. The summed E-state index contributed by atoms with van der Waals surface area (Å²) >= 11 is 1.14. The van der Waals surface area contributed by atoms with Crippen LogP contribution in [0.3, 0.4) is 0 Å². The number of rotatable bonds is 2. The topological polar surface area (TPSA) is 108 Å². The lowest BCUT2D eigenvalue weighted by Gasteiger charge is -1.94. The molecule has 0 bridgehead atoms. The van der Waals surface area contributed by atoms with Gasteiger partial charge in [-0.3, -0.25) is 4.79 Å². The van der Waals surface area contributed by atoms with Crippen molar-refractivity contribution in [1.82, 2.24) is 15.0 Å². The van der Waals surface area contributed by atoms with Crippen molar-refractivity contribution in [3.8, 4) is 10.8 Å². The number of carbonyl (C=O) groups is 1. The van der Waals surface area contributed by atoms with E-state index in [0.29, 0.717) is 21.5 Å². The van der Waals surface area contributed by atoms with Crippen molar-refractivity contribution >= 4 is 23.1 Å². The SMILES string of the molecule is NC(=O)c1cnc(-c2nccc(N)n2)s1. The average Bonchev–Trinajstić information content (AvgIpc) is 2.66. The number of amides is 1. The number of hydrogen-bond donors (Lipinski definition) is 2. The second-order valence-corrected chi connectivity index (χ2v) is 3.73. The van der Waals surface area contributed by atoms with Crippen LogP contribution in [-0.4, -0.2) is 20.9 Å². The fourth-order valence-electron chi connectivity index (χ4n) is 0.967. The van der Waals surface area contributed by atoms with Gasteiger partial charge in [0, 0.05) is 6.20 Å². The molecule has 2 heterocycles. The number of carbonyl (C=O) groups excluding carboxylic acids is 1. The number of hydrogen-bond acceptors (Lipinski definition) is 6. The monoisotopic (exact) mass is 221 g/mol. The van der Waals surface area contributed by atoms with E-state index in [4.69, 9.17) is 11.5 Å². The van der Waals surface area contributed by atoms with Crippen LogP contribution < -0.4 is 11.5 Å². The fraction of sp³-hybridized carbons (Fsp3) is 0. The van der Waals surface area contributed by atoms with Crippen molar-refractivity contribution in [3.05, 3.63) is 23.3 Å². The minimum Gasteiger partial charge on any atom is -0.384 e. The summed E-state index contributed by atoms with van der Waals surface area (Å²) in [7, 11) is 0. The van der Waals surface area contributed by atoms with Crippen LogP contribution in [0.4, 0.5) is 5.82 Å². The first kappa shape index (κ1) is 9.53. The number of thiazole rings is 1. The lowest BCUT2D eigenvalue weighted by Crippen LogP contribution is -2.08. The van der Waals surface area contributed by atoms with Gasteiger partial charge >= 0.3 is 0 Å². The molecule has 6 nitrogen and oxygen atoms in total. The van der Waals surface area contributed by atoms with Gasteiger partial charge in [-0.2, -0.15) is 0 Å². The molecule has 76 valence electrons. The van der Waals surface area contributed by atoms with E-state index < -0.39 is 5.91 Å². The summed E-state index contributed by atoms with van der Waals surface area (Å²) in [5.74, 6) is 0.242. The molecule has 1 amide bonds. The normalized spacial score (nSPS) is 10.1. The van der Waals surface area contributed by atoms with Crippen molar-refractivity contribution < 1.29 is 4.79 Å². The molecule has 0 aliphatic heterocycles. The van der Waals surface area contributed by atoms with E-state index in [1.807, 2.05) is 0 Å². The molecule has 15 heavy (non-hydrogen) atoms. The molecule has 0 aliphatic carbocycles. The van der Waals surface area contributed by atoms with Gasteiger partial charge in [-0.25, -0.2) is 15.0 Å². The van der Waals surface area contributed by atoms with Crippen molar-refractivity contribution in [2.75, 3.05) is 5.73 Å². The molecular formula is C8H7N5OS. The Bertz CT molecular complexity index is 509. The number of nitrogens with two attached hydrogens (primary N) is 2. The summed E-state index contributed by atoms with van der Waals surface area (Å²) in [4.78, 5) is 23.2. The first-order chi connectivity index (χ1) is 7.16. The van der Waals surface area contributed by atoms with Gasteiger partial charge in [0.15, 0.2) is 10.8 Å². The summed E-state index contributed by atoms with van der Waals surface area (Å²) in [6.07, 6.45) is 2.93. The lowest BCUT2D eigenvalue weighted by molar-refractivity contribution is 0.100. The lowest BCUT2D eigenvalue weighted by atomic mass is 10.5. The molecule has 2 rings (SSSR count). The third-order valence-corrected chi connectivity index (χ3v) is 2.62. The van der Waals surface area contributed by atoms with Gasteiger partial charge in [-0.05, 0) is 6.07 Å². The van der Waals surface area contributed by atoms with Crippen molar-refractivity contribution in [3.63, 3.8) is 0 Å². The molecular weight excluding hydrogens is 214 g/mol. The van der Waals surface area contributed by atoms with Gasteiger partial charge in [-0.1, -0.05) is 0 Å². The molecule has 0 aromatic carbocycles. The Kier molecular flexibility index (Phi) is 2.30. The summed E-state index contributed by atoms with van der Waals surface area (Å²) < 4.78 is 0. The Morgan fingerprint density at radius 2 is 2.20 bits per heavy atom. The number of nitrogens with zero attached hydrogens (tertiary/aromatic N) is 3. The third-order valence-electron chi connectivity index (χ3n) is 1.62. The highest BCUT2D eigenvalue weighted by Gasteiger charge is 2.10. The number of primary amides is 1. The number of anilines is 1. The molecule has 2 aromatic heterocycles. The Labute approximate surface area is 89.0 Å². The predicted octanol–water partition coefficient (Wildman–Crippen LogP) is 0.281. The summed E-state index contributed by atoms with van der Waals surface area (Å²) in [5, 5.41) is 0.524. The molecule has 0 unspecified atom stereocenters. The van der Waals surface area contributed by atoms with E-state index in [0.717, 1.165) is 11.3 Å². The Balaban J connectivity index is 2.41. The van der Waals surface area contributed by atoms with E-state index in [9.17, 15) is 4.79 Å². The molecule has 0 fully saturated rings. The highest BCUT2D eigenvalue weighted by Crippen LogP contribution is 2.21. The summed E-state index contributed by atoms with van der Waals surface area (Å²) in [6, 6.07) is 1.58. The summed E-state index contributed by atoms with van der Waals surface area (Å²) in [6.45, 7) is 0. The van der Waals surface area contributed by atoms with Gasteiger partial charge in [0.05, 0.1) is 6.20 Å². The Morgan fingerprint density at radius 3 is 2.80 bits per heavy atom. The maximum absolute atomic E-state index is 10.8. The van der Waals surface area contributed by atoms with Crippen molar-refractivity contribution in [2.24, 2.45) is 5.73 Å². The van der Waals surface area contributed by atoms with Crippen LogP contribution >= 0.6 is 11.3 Å². The molecule has 2 aromatic rings. The van der Waals surface area contributed by atoms with Crippen LogP contribution in [0.25, 0.3) is 10.8 Å². The van der Waals surface area contributed by atoms with Crippen LogP contribution in [0.1, 0.15) is 9.67 Å². The van der Waals surface area contributed by atoms with Gasteiger partial charge in [0.2, 0.25) is 0 Å². The third kappa shape index (κ3) is 1.91. The molecule has 0 saturated carbocycles. The van der Waals surface area contributed by atoms with Gasteiger partial charge < -0.3 is 11.5 Å². The molecule has 0 atom stereocenters. The molecule has 4 N–H and O–H groups in total. The van der Waals surface area contributed by atoms with E-state index in [1.165, 1.54) is 12.4 Å². The quantitative estimate of drug-likeness (QED) is 0.757. The van der Waals surface area contributed by atoms with Crippen molar-refractivity contribution in [1.29, 1.82) is 0 Å². The van der Waals surface area contributed by atoms with E-state index in [2.05, 4.69) is 15.0 Å². The summed E-state index contributed by atoms with van der Waals surface area (Å²) in [5.41, 5.74) is 10.6. The molecule has 0 radical (unpaired) electrons. The van der Waals surface area contributed by atoms with E-state index >= 15 is 0 Å². The van der Waals surface area contributed by atoms with Crippen LogP contribution in [0.2, 0.25) is 0 Å². The number of nitrogen functional groups attached to an aromatic ring is 1. The van der Waals surface area contributed by atoms with Gasteiger partial charge in [0.1, 0.15) is 10.7 Å². The van der Waals surface area contributed by atoms with Crippen LogP contribution in [0.5, 0.6) is 0 Å². The first-order valence-corrected chi connectivity index (χ1v) is 4.83.